The van der Waals surface area contributed by atoms with Crippen LogP contribution in [0.5, 0.6) is 0 Å². The molecule has 3 rings (SSSR count). The second-order valence-electron chi connectivity index (χ2n) is 9.11. The first-order valence-corrected chi connectivity index (χ1v) is 14.2. The molecule has 0 aliphatic heterocycles. The number of hydrogen-bond donors (Lipinski definition) is 1. The van der Waals surface area contributed by atoms with Gasteiger partial charge in [0.2, 0.25) is 11.8 Å². The molecule has 0 aromatic heterocycles. The second kappa shape index (κ2) is 12.2. The van der Waals surface area contributed by atoms with Gasteiger partial charge in [-0.15, -0.1) is 0 Å². The standard InChI is InChI=1S/C28H31Cl2N3O4S/c1-18-9-13-23(14-10-18)38(36,37)33(22-12-11-19(2)20(3)15-22)17-27(34)32(21(4)28(35)31-5)16-24-25(29)7-6-8-26(24)30/h6-15,21H,16-17H2,1-5H3,(H,31,35). The summed E-state index contributed by atoms with van der Waals surface area (Å²) in [5.41, 5.74) is 3.55. The van der Waals surface area contributed by atoms with Gasteiger partial charge in [0.25, 0.3) is 10.0 Å². The molecule has 38 heavy (non-hydrogen) atoms. The van der Waals surface area contributed by atoms with Crippen molar-refractivity contribution in [3.8, 4) is 0 Å². The lowest BCUT2D eigenvalue weighted by atomic mass is 10.1. The Morgan fingerprint density at radius 2 is 1.53 bits per heavy atom. The van der Waals surface area contributed by atoms with E-state index < -0.39 is 34.4 Å². The third kappa shape index (κ3) is 6.49. The van der Waals surface area contributed by atoms with Crippen LogP contribution in [0, 0.1) is 20.8 Å². The van der Waals surface area contributed by atoms with E-state index in [0.29, 0.717) is 21.3 Å². The molecule has 0 radical (unpaired) electrons. The largest absolute Gasteiger partial charge is 0.357 e. The van der Waals surface area contributed by atoms with E-state index in [2.05, 4.69) is 5.32 Å². The van der Waals surface area contributed by atoms with E-state index in [1.807, 2.05) is 20.8 Å². The Kier molecular flexibility index (Phi) is 9.46. The van der Waals surface area contributed by atoms with Gasteiger partial charge in [-0.2, -0.15) is 0 Å². The summed E-state index contributed by atoms with van der Waals surface area (Å²) in [6.45, 7) is 6.59. The summed E-state index contributed by atoms with van der Waals surface area (Å²) < 4.78 is 28.8. The Balaban J connectivity index is 2.09. The fourth-order valence-corrected chi connectivity index (χ4v) is 5.82. The van der Waals surface area contributed by atoms with Crippen LogP contribution in [0.15, 0.2) is 65.6 Å². The quantitative estimate of drug-likeness (QED) is 0.376. The molecule has 0 saturated heterocycles. The van der Waals surface area contributed by atoms with Crippen LogP contribution in [0.3, 0.4) is 0 Å². The van der Waals surface area contributed by atoms with Crippen LogP contribution in [-0.2, 0) is 26.2 Å². The van der Waals surface area contributed by atoms with Gasteiger partial charge in [0, 0.05) is 29.2 Å². The number of nitrogens with one attached hydrogen (secondary N) is 1. The van der Waals surface area contributed by atoms with E-state index in [-0.39, 0.29) is 11.4 Å². The zero-order valence-electron chi connectivity index (χ0n) is 22.0. The normalized spacial score (nSPS) is 12.1. The maximum atomic E-state index is 13.9. The lowest BCUT2D eigenvalue weighted by Gasteiger charge is -2.32. The molecule has 0 aliphatic rings. The summed E-state index contributed by atoms with van der Waals surface area (Å²) in [6, 6.07) is 15.7. The molecule has 7 nitrogen and oxygen atoms in total. The number of carbonyl (C=O) groups is 2. The van der Waals surface area contributed by atoms with Crippen molar-refractivity contribution >= 4 is 50.7 Å². The van der Waals surface area contributed by atoms with Crippen LogP contribution in [-0.4, -0.2) is 44.8 Å². The van der Waals surface area contributed by atoms with Crippen LogP contribution >= 0.6 is 23.2 Å². The van der Waals surface area contributed by atoms with Gasteiger partial charge in [0.15, 0.2) is 0 Å². The van der Waals surface area contributed by atoms with Crippen molar-refractivity contribution in [2.45, 2.75) is 45.2 Å². The highest BCUT2D eigenvalue weighted by Crippen LogP contribution is 2.29. The van der Waals surface area contributed by atoms with Crippen molar-refractivity contribution in [1.82, 2.24) is 10.2 Å². The van der Waals surface area contributed by atoms with Crippen molar-refractivity contribution < 1.29 is 18.0 Å². The third-order valence-corrected chi connectivity index (χ3v) is 8.97. The highest BCUT2D eigenvalue weighted by atomic mass is 35.5. The van der Waals surface area contributed by atoms with Crippen molar-refractivity contribution in [2.75, 3.05) is 17.9 Å². The van der Waals surface area contributed by atoms with Gasteiger partial charge < -0.3 is 10.2 Å². The topological polar surface area (TPSA) is 86.8 Å². The van der Waals surface area contributed by atoms with Gasteiger partial charge in [-0.25, -0.2) is 8.42 Å². The maximum absolute atomic E-state index is 13.9. The Bertz CT molecular complexity index is 1420. The number of likely N-dealkylation sites (N-methyl/N-ethyl adjacent to an activating group) is 1. The van der Waals surface area contributed by atoms with E-state index in [1.165, 1.54) is 24.1 Å². The minimum Gasteiger partial charge on any atom is -0.357 e. The van der Waals surface area contributed by atoms with Gasteiger partial charge in [-0.1, -0.05) is 53.0 Å². The van der Waals surface area contributed by atoms with E-state index in [0.717, 1.165) is 21.0 Å². The van der Waals surface area contributed by atoms with Crippen molar-refractivity contribution in [3.63, 3.8) is 0 Å². The molecule has 3 aromatic rings. The molecule has 0 saturated carbocycles. The van der Waals surface area contributed by atoms with Crippen molar-refractivity contribution in [1.29, 1.82) is 0 Å². The number of amides is 2. The third-order valence-electron chi connectivity index (χ3n) is 6.47. The van der Waals surface area contributed by atoms with E-state index >= 15 is 0 Å². The molecule has 0 aliphatic carbocycles. The molecular weight excluding hydrogens is 545 g/mol. The zero-order valence-corrected chi connectivity index (χ0v) is 24.3. The molecule has 202 valence electrons. The highest BCUT2D eigenvalue weighted by Gasteiger charge is 2.33. The molecule has 0 spiro atoms. The summed E-state index contributed by atoms with van der Waals surface area (Å²) in [5.74, 6) is -1.01. The summed E-state index contributed by atoms with van der Waals surface area (Å²) in [7, 11) is -2.67. The molecular formula is C28H31Cl2N3O4S. The average molecular weight is 577 g/mol. The van der Waals surface area contributed by atoms with Gasteiger partial charge >= 0.3 is 0 Å². The van der Waals surface area contributed by atoms with Crippen molar-refractivity contribution in [2.24, 2.45) is 0 Å². The number of benzene rings is 3. The Labute approximate surface area is 234 Å². The predicted molar refractivity (Wildman–Crippen MR) is 152 cm³/mol. The number of carbonyl (C=O) groups excluding carboxylic acids is 2. The summed E-state index contributed by atoms with van der Waals surface area (Å²) in [4.78, 5) is 27.8. The van der Waals surface area contributed by atoms with Crippen LogP contribution < -0.4 is 9.62 Å². The molecule has 3 aromatic carbocycles. The maximum Gasteiger partial charge on any atom is 0.264 e. The van der Waals surface area contributed by atoms with E-state index in [9.17, 15) is 18.0 Å². The summed E-state index contributed by atoms with van der Waals surface area (Å²) in [5, 5.41) is 3.21. The Morgan fingerprint density at radius 3 is 2.08 bits per heavy atom. The molecule has 1 unspecified atom stereocenters. The minimum absolute atomic E-state index is 0.0502. The van der Waals surface area contributed by atoms with Gasteiger partial charge in [0.05, 0.1) is 10.6 Å². The molecule has 10 heteroatoms. The molecule has 0 heterocycles. The first-order valence-electron chi connectivity index (χ1n) is 12.0. The van der Waals surface area contributed by atoms with Gasteiger partial charge in [-0.05, 0) is 75.2 Å². The fraction of sp³-hybridized carbons (Fsp3) is 0.286. The van der Waals surface area contributed by atoms with Crippen LogP contribution in [0.2, 0.25) is 10.0 Å². The first-order chi connectivity index (χ1) is 17.9. The SMILES string of the molecule is CNC(=O)C(C)N(Cc1c(Cl)cccc1Cl)C(=O)CN(c1ccc(C)c(C)c1)S(=O)(=O)c1ccc(C)cc1. The smallest absolute Gasteiger partial charge is 0.264 e. The predicted octanol–water partition coefficient (Wildman–Crippen LogP) is 5.28. The molecule has 0 fully saturated rings. The minimum atomic E-state index is -4.14. The average Bonchev–Trinajstić information content (AvgIpc) is 2.88. The number of halogens is 2. The zero-order chi connectivity index (χ0) is 28.2. The second-order valence-corrected chi connectivity index (χ2v) is 11.8. The van der Waals surface area contributed by atoms with Crippen molar-refractivity contribution in [3.05, 3.63) is 93.0 Å². The lowest BCUT2D eigenvalue weighted by Crippen LogP contribution is -2.50. The molecule has 1 atom stereocenters. The number of anilines is 1. The Morgan fingerprint density at radius 1 is 0.921 bits per heavy atom. The number of aryl methyl sites for hydroxylation is 3. The number of rotatable bonds is 9. The van der Waals surface area contributed by atoms with E-state index in [1.54, 1.807) is 55.5 Å². The van der Waals surface area contributed by atoms with Crippen LogP contribution in [0.25, 0.3) is 0 Å². The van der Waals surface area contributed by atoms with Crippen LogP contribution in [0.1, 0.15) is 29.2 Å². The highest BCUT2D eigenvalue weighted by molar-refractivity contribution is 7.92. The number of sulfonamides is 1. The Hall–Kier alpha value is -3.07. The summed E-state index contributed by atoms with van der Waals surface area (Å²) in [6.07, 6.45) is 0. The van der Waals surface area contributed by atoms with Gasteiger partial charge in [-0.3, -0.25) is 13.9 Å². The van der Waals surface area contributed by atoms with Gasteiger partial charge in [0.1, 0.15) is 12.6 Å². The molecule has 2 amide bonds. The number of nitrogens with zero attached hydrogens (tertiary/aromatic N) is 2. The monoisotopic (exact) mass is 575 g/mol. The fourth-order valence-electron chi connectivity index (χ4n) is 3.89. The molecule has 0 bridgehead atoms. The molecule has 1 N–H and O–H groups in total. The number of hydrogen-bond acceptors (Lipinski definition) is 4. The van der Waals surface area contributed by atoms with Crippen LogP contribution in [0.4, 0.5) is 5.69 Å². The summed E-state index contributed by atoms with van der Waals surface area (Å²) >= 11 is 12.7. The lowest BCUT2D eigenvalue weighted by molar-refractivity contribution is -0.139. The van der Waals surface area contributed by atoms with E-state index in [4.69, 9.17) is 23.2 Å². The first kappa shape index (κ1) is 29.5.